The summed E-state index contributed by atoms with van der Waals surface area (Å²) in [7, 11) is 0. The quantitative estimate of drug-likeness (QED) is 0.597. The van der Waals surface area contributed by atoms with Gasteiger partial charge in [0, 0.05) is 51.7 Å². The second-order valence-electron chi connectivity index (χ2n) is 7.04. The number of benzene rings is 1. The SMILES string of the molecule is CC(=O)N1CCN(c2cc3c(N[CH-]c4cccc(C(F)(F)F)c4)ncnn3c2)CC1.[V]. The number of hydrogen-bond donors (Lipinski definition) is 1. The first-order chi connectivity index (χ1) is 14.3. The molecule has 4 rings (SSSR count). The second kappa shape index (κ2) is 9.11. The van der Waals surface area contributed by atoms with E-state index in [0.717, 1.165) is 17.8 Å². The Morgan fingerprint density at radius 3 is 2.58 bits per heavy atom. The molecule has 11 heteroatoms. The zero-order chi connectivity index (χ0) is 21.3. The summed E-state index contributed by atoms with van der Waals surface area (Å²) in [6.45, 7) is 5.78. The maximum atomic E-state index is 12.9. The molecule has 0 saturated carbocycles. The van der Waals surface area contributed by atoms with E-state index in [2.05, 4.69) is 20.3 Å². The van der Waals surface area contributed by atoms with Gasteiger partial charge in [0.2, 0.25) is 5.91 Å². The Kier molecular flexibility index (Phi) is 6.71. The normalized spacial score (nSPS) is 14.3. The smallest absolute Gasteiger partial charge is 0.397 e. The minimum atomic E-state index is -4.39. The van der Waals surface area contributed by atoms with E-state index in [9.17, 15) is 18.0 Å². The molecule has 1 radical (unpaired) electrons. The number of nitrogens with zero attached hydrogens (tertiary/aromatic N) is 5. The molecule has 1 saturated heterocycles. The summed E-state index contributed by atoms with van der Waals surface area (Å²) in [5, 5.41) is 7.20. The van der Waals surface area contributed by atoms with E-state index < -0.39 is 11.7 Å². The first-order valence-corrected chi connectivity index (χ1v) is 9.42. The average molecular weight is 468 g/mol. The number of halogens is 3. The standard InChI is InChI=1S/C20H20F3N6O.V/c1-14(30)27-5-7-28(8-6-27)17-10-18-19(25-13-26-29(18)12-17)24-11-15-3-2-4-16(9-15)20(21,22)23;/h2-4,9-13H,5-8H2,1H3,(H,24,25,26);/q-1;. The second-order valence-corrected chi connectivity index (χ2v) is 7.04. The van der Waals surface area contributed by atoms with Gasteiger partial charge in [-0.25, -0.2) is 9.50 Å². The third kappa shape index (κ3) is 5.08. The van der Waals surface area contributed by atoms with Gasteiger partial charge in [-0.15, -0.1) is 12.1 Å². The van der Waals surface area contributed by atoms with Crippen molar-refractivity contribution in [1.29, 1.82) is 0 Å². The van der Waals surface area contributed by atoms with E-state index in [0.29, 0.717) is 43.1 Å². The number of fused-ring (bicyclic) bond motifs is 1. The Hall–Kier alpha value is -2.85. The molecule has 0 atom stereocenters. The van der Waals surface area contributed by atoms with Crippen LogP contribution in [0.1, 0.15) is 18.1 Å². The van der Waals surface area contributed by atoms with Gasteiger partial charge in [-0.1, -0.05) is 12.6 Å². The first-order valence-electron chi connectivity index (χ1n) is 9.42. The zero-order valence-electron chi connectivity index (χ0n) is 16.7. The van der Waals surface area contributed by atoms with Crippen LogP contribution in [0.2, 0.25) is 0 Å². The Morgan fingerprint density at radius 1 is 1.16 bits per heavy atom. The molecule has 0 spiro atoms. The van der Waals surface area contributed by atoms with Gasteiger partial charge in [0.15, 0.2) is 0 Å². The molecule has 2 aromatic heterocycles. The van der Waals surface area contributed by atoms with Gasteiger partial charge < -0.3 is 15.1 Å². The molecule has 1 aliphatic rings. The van der Waals surface area contributed by atoms with Crippen LogP contribution in [0.5, 0.6) is 0 Å². The van der Waals surface area contributed by atoms with Crippen LogP contribution in [-0.2, 0) is 29.5 Å². The molecule has 163 valence electrons. The topological polar surface area (TPSA) is 65.8 Å². The molecule has 3 heterocycles. The van der Waals surface area contributed by atoms with Crippen LogP contribution in [0.15, 0.2) is 42.9 Å². The van der Waals surface area contributed by atoms with Gasteiger partial charge in [-0.05, 0) is 11.6 Å². The van der Waals surface area contributed by atoms with Gasteiger partial charge >= 0.3 is 6.18 Å². The molecular weight excluding hydrogens is 448 g/mol. The minimum Gasteiger partial charge on any atom is -0.397 e. The summed E-state index contributed by atoms with van der Waals surface area (Å²) in [5.74, 6) is 0.551. The van der Waals surface area contributed by atoms with Crippen LogP contribution in [0.25, 0.3) is 5.52 Å². The van der Waals surface area contributed by atoms with Gasteiger partial charge in [-0.2, -0.15) is 29.9 Å². The number of piperazine rings is 1. The van der Waals surface area contributed by atoms with Gasteiger partial charge in [0.05, 0.1) is 11.9 Å². The number of amides is 1. The van der Waals surface area contributed by atoms with Gasteiger partial charge in [0.25, 0.3) is 0 Å². The number of carbonyl (C=O) groups excluding carboxylic acids is 1. The number of aromatic nitrogens is 3. The fourth-order valence-corrected chi connectivity index (χ4v) is 3.44. The summed E-state index contributed by atoms with van der Waals surface area (Å²) in [5.41, 5.74) is 1.32. The number of hydrogen-bond acceptors (Lipinski definition) is 5. The third-order valence-electron chi connectivity index (χ3n) is 5.07. The van der Waals surface area contributed by atoms with E-state index in [1.165, 1.54) is 18.9 Å². The van der Waals surface area contributed by atoms with Crippen molar-refractivity contribution >= 4 is 22.9 Å². The number of anilines is 2. The van der Waals surface area contributed by atoms with E-state index in [1.54, 1.807) is 17.5 Å². The maximum Gasteiger partial charge on any atom is 0.405 e. The molecule has 3 aromatic rings. The van der Waals surface area contributed by atoms with Crippen LogP contribution < -0.4 is 10.2 Å². The van der Waals surface area contributed by atoms with E-state index in [-0.39, 0.29) is 24.5 Å². The van der Waals surface area contributed by atoms with Gasteiger partial charge in [-0.3, -0.25) is 4.79 Å². The first kappa shape index (κ1) is 22.8. The summed E-state index contributed by atoms with van der Waals surface area (Å²) >= 11 is 0. The molecule has 1 aromatic carbocycles. The predicted octanol–water partition coefficient (Wildman–Crippen LogP) is 3.04. The number of nitrogens with one attached hydrogen (secondary N) is 1. The fraction of sp³-hybridized carbons (Fsp3) is 0.300. The predicted molar refractivity (Wildman–Crippen MR) is 106 cm³/mol. The third-order valence-corrected chi connectivity index (χ3v) is 5.07. The van der Waals surface area contributed by atoms with Crippen LogP contribution in [0.4, 0.5) is 24.7 Å². The fourth-order valence-electron chi connectivity index (χ4n) is 3.44. The molecule has 1 N–H and O–H groups in total. The molecule has 0 bridgehead atoms. The minimum absolute atomic E-state index is 0. The number of rotatable bonds is 4. The summed E-state index contributed by atoms with van der Waals surface area (Å²) < 4.78 is 40.4. The van der Waals surface area contributed by atoms with Crippen molar-refractivity contribution in [2.45, 2.75) is 13.1 Å². The van der Waals surface area contributed by atoms with Crippen molar-refractivity contribution in [3.8, 4) is 0 Å². The summed E-state index contributed by atoms with van der Waals surface area (Å²) in [4.78, 5) is 19.7. The summed E-state index contributed by atoms with van der Waals surface area (Å²) in [6, 6.07) is 6.97. The van der Waals surface area contributed by atoms with Crippen LogP contribution >= 0.6 is 0 Å². The molecule has 1 amide bonds. The van der Waals surface area contributed by atoms with E-state index in [1.807, 2.05) is 17.2 Å². The van der Waals surface area contributed by atoms with Crippen LogP contribution in [0.3, 0.4) is 0 Å². The number of carbonyl (C=O) groups is 1. The molecule has 1 fully saturated rings. The largest absolute Gasteiger partial charge is 0.405 e. The van der Waals surface area contributed by atoms with Gasteiger partial charge in [0.1, 0.15) is 17.7 Å². The van der Waals surface area contributed by atoms with Crippen molar-refractivity contribution < 1.29 is 36.5 Å². The van der Waals surface area contributed by atoms with Crippen molar-refractivity contribution in [2.24, 2.45) is 0 Å². The Balaban J connectivity index is 0.00000272. The summed E-state index contributed by atoms with van der Waals surface area (Å²) in [6.07, 6.45) is -1.14. The molecular formula is C20H20F3N6OV-. The Labute approximate surface area is 189 Å². The molecule has 1 aliphatic heterocycles. The number of alkyl halides is 3. The molecule has 0 unspecified atom stereocenters. The van der Waals surface area contributed by atoms with E-state index in [4.69, 9.17) is 0 Å². The van der Waals surface area contributed by atoms with Crippen LogP contribution in [-0.4, -0.2) is 51.6 Å². The van der Waals surface area contributed by atoms with Crippen molar-refractivity contribution in [1.82, 2.24) is 19.5 Å². The maximum absolute atomic E-state index is 12.9. The Morgan fingerprint density at radius 2 is 1.90 bits per heavy atom. The van der Waals surface area contributed by atoms with Crippen LogP contribution in [0, 0.1) is 6.54 Å². The Bertz CT molecular complexity index is 1060. The molecule has 0 aliphatic carbocycles. The monoisotopic (exact) mass is 468 g/mol. The van der Waals surface area contributed by atoms with E-state index >= 15 is 0 Å². The zero-order valence-corrected chi connectivity index (χ0v) is 18.1. The average Bonchev–Trinajstić information content (AvgIpc) is 3.17. The van der Waals surface area contributed by atoms with Crippen molar-refractivity contribution in [3.63, 3.8) is 0 Å². The molecule has 31 heavy (non-hydrogen) atoms. The van der Waals surface area contributed by atoms with Crippen molar-refractivity contribution in [3.05, 3.63) is 60.5 Å². The molecule has 7 nitrogen and oxygen atoms in total. The van der Waals surface area contributed by atoms with Crippen molar-refractivity contribution in [2.75, 3.05) is 36.4 Å².